The van der Waals surface area contributed by atoms with Gasteiger partial charge in [-0.3, -0.25) is 48.4 Å². The molecule has 0 aromatic rings. The molecule has 0 bridgehead atoms. The fourth-order valence-electron chi connectivity index (χ4n) is 9.27. The summed E-state index contributed by atoms with van der Waals surface area (Å²) in [5, 5.41) is 40.1. The Kier molecular flexibility index (Phi) is 85.4. The van der Waals surface area contributed by atoms with E-state index in [2.05, 4.69) is 50.8 Å². The number of aliphatic carboxylic acids is 1. The summed E-state index contributed by atoms with van der Waals surface area (Å²) < 4.78 is 39.8. The molecule has 0 amide bonds. The Labute approximate surface area is 615 Å². The summed E-state index contributed by atoms with van der Waals surface area (Å²) in [6, 6.07) is 0. The van der Waals surface area contributed by atoms with E-state index in [1.165, 1.54) is 157 Å². The van der Waals surface area contributed by atoms with Crippen molar-refractivity contribution in [2.24, 2.45) is 0 Å². The van der Waals surface area contributed by atoms with E-state index < -0.39 is 48.2 Å². The summed E-state index contributed by atoms with van der Waals surface area (Å²) in [4.78, 5) is 129. The molecule has 0 heterocycles. The van der Waals surface area contributed by atoms with Crippen LogP contribution in [0, 0.1) is 0 Å². The van der Waals surface area contributed by atoms with E-state index in [1.54, 1.807) is 0 Å². The molecule has 6 N–H and O–H groups in total. The maximum absolute atomic E-state index is 12.3. The summed E-state index contributed by atoms with van der Waals surface area (Å²) in [6.07, 6.45) is 36.5. The number of hydrogen-bond donors (Lipinski definition) is 5. The summed E-state index contributed by atoms with van der Waals surface area (Å²) in [6.45, 7) is 11.2. The van der Waals surface area contributed by atoms with E-state index in [1.807, 2.05) is 0 Å². The van der Waals surface area contributed by atoms with Gasteiger partial charge < -0.3 is 73.6 Å². The highest BCUT2D eigenvalue weighted by Crippen LogP contribution is 2.18. The second kappa shape index (κ2) is 83.3. The van der Waals surface area contributed by atoms with Gasteiger partial charge in [0.1, 0.15) is 44.0 Å². The van der Waals surface area contributed by atoms with Crippen molar-refractivity contribution in [3.8, 4) is 0 Å². The average Bonchev–Trinajstić information content (AvgIpc) is 1.02. The van der Waals surface area contributed by atoms with Crippen molar-refractivity contribution < 1.29 is 137 Å². The van der Waals surface area contributed by atoms with Crippen LogP contribution in [-0.4, -0.2) is 178 Å². The van der Waals surface area contributed by atoms with Gasteiger partial charge in [0, 0.05) is 70.6 Å². The van der Waals surface area contributed by atoms with Gasteiger partial charge in [0.25, 0.3) is 0 Å². The highest BCUT2D eigenvalue weighted by Gasteiger charge is 2.21. The number of aliphatic hydroxyl groups excluding tert-OH is 3. The van der Waals surface area contributed by atoms with Gasteiger partial charge in [-0.25, -0.2) is 4.89 Å². The number of esters is 8. The summed E-state index contributed by atoms with van der Waals surface area (Å²) >= 11 is 0. The molecule has 2 atom stereocenters. The number of ether oxygens (including phenoxy) is 8. The Morgan fingerprint density at radius 2 is 0.573 bits per heavy atom. The van der Waals surface area contributed by atoms with E-state index in [0.717, 1.165) is 32.1 Å². The number of hydrogen-bond acceptors (Lipinski definition) is 27. The molecule has 103 heavy (non-hydrogen) atoms. The highest BCUT2D eigenvalue weighted by atomic mass is 17.2. The molecule has 0 radical (unpaired) electrons. The van der Waals surface area contributed by atoms with Crippen LogP contribution >= 0.6 is 0 Å². The van der Waals surface area contributed by atoms with E-state index in [4.69, 9.17) is 64.2 Å². The van der Waals surface area contributed by atoms with E-state index >= 15 is 0 Å². The quantitative estimate of drug-likeness (QED) is 0.00943. The molecule has 0 aliphatic rings. The molecule has 606 valence electrons. The minimum absolute atomic E-state index is 0. The predicted octanol–water partition coefficient (Wildman–Crippen LogP) is 14.2. The minimum Gasteiger partial charge on any atom is -0.870 e. The van der Waals surface area contributed by atoms with Gasteiger partial charge in [0.2, 0.25) is 0 Å². The van der Waals surface area contributed by atoms with Gasteiger partial charge in [-0.2, -0.15) is 9.78 Å². The van der Waals surface area contributed by atoms with Crippen molar-refractivity contribution in [1.82, 2.24) is 0 Å². The first-order valence-electron chi connectivity index (χ1n) is 37.5. The van der Waals surface area contributed by atoms with Crippen molar-refractivity contribution in [2.75, 3.05) is 74.7 Å². The molecule has 0 saturated carbocycles. The highest BCUT2D eigenvalue weighted by molar-refractivity contribution is 5.73. The van der Waals surface area contributed by atoms with Crippen LogP contribution in [0.2, 0.25) is 0 Å². The fourth-order valence-corrected chi connectivity index (χ4v) is 9.27. The number of aliphatic hydroxyl groups is 3. The number of carbonyl (C=O) groups is 9. The average molecular weight is 1490 g/mol. The number of allylic oxidation sites excluding steroid dienone is 2. The zero-order valence-corrected chi connectivity index (χ0v) is 63.8. The molecule has 0 saturated heterocycles. The SMILES string of the molecule is C=C(CCCCCCCCCCCCCC)OOCC(COC(=O)CCCCC(=O)OC)OC(=O)CCCCC(=O)OC.C=C(CCCCCCCCCCCCCC)OOCC(COC(=O)CCCCC(=O)OC)OC(=O)CCCCC(=O)OC.O=C(O)CCCCCOO.OCC(O)CO.[OH-]. The smallest absolute Gasteiger partial charge is 0.306 e. The van der Waals surface area contributed by atoms with Gasteiger partial charge >= 0.3 is 53.7 Å². The molecule has 2 unspecified atom stereocenters. The van der Waals surface area contributed by atoms with Crippen molar-refractivity contribution >= 4 is 53.7 Å². The second-order valence-electron chi connectivity index (χ2n) is 24.9. The molecule has 0 fully saturated rings. The van der Waals surface area contributed by atoms with Gasteiger partial charge in [-0.15, -0.1) is 0 Å². The van der Waals surface area contributed by atoms with Crippen LogP contribution in [-0.2, 0) is 105 Å². The number of unbranched alkanes of at least 4 members (excludes halogenated alkanes) is 28. The lowest BCUT2D eigenvalue weighted by Gasteiger charge is -2.18. The third kappa shape index (κ3) is 86.5. The predicted molar refractivity (Wildman–Crippen MR) is 384 cm³/mol. The first-order valence-corrected chi connectivity index (χ1v) is 37.5. The summed E-state index contributed by atoms with van der Waals surface area (Å²) in [5.74, 6) is -3.06. The largest absolute Gasteiger partial charge is 0.870 e. The Bertz CT molecular complexity index is 1930. The van der Waals surface area contributed by atoms with Crippen molar-refractivity contribution in [3.05, 3.63) is 24.7 Å². The van der Waals surface area contributed by atoms with Gasteiger partial charge in [-0.05, 0) is 77.0 Å². The second-order valence-corrected chi connectivity index (χ2v) is 24.9. The molecule has 28 heteroatoms. The Morgan fingerprint density at radius 3 is 0.825 bits per heavy atom. The number of carbonyl (C=O) groups excluding carboxylic acids is 8. The van der Waals surface area contributed by atoms with Crippen LogP contribution in [0.3, 0.4) is 0 Å². The number of rotatable bonds is 68. The monoisotopic (exact) mass is 1490 g/mol. The zero-order chi connectivity index (χ0) is 76.8. The molecular formula is C75H137O28-. The van der Waals surface area contributed by atoms with Crippen LogP contribution < -0.4 is 0 Å². The van der Waals surface area contributed by atoms with Gasteiger partial charge in [0.15, 0.2) is 12.2 Å². The fraction of sp³-hybridized carbons (Fsp3) is 0.827. The minimum atomic E-state index is -0.954. The molecule has 28 nitrogen and oxygen atoms in total. The van der Waals surface area contributed by atoms with E-state index in [9.17, 15) is 43.2 Å². The van der Waals surface area contributed by atoms with Crippen LogP contribution in [0.25, 0.3) is 0 Å². The van der Waals surface area contributed by atoms with Gasteiger partial charge in [-0.1, -0.05) is 175 Å². The zero-order valence-electron chi connectivity index (χ0n) is 63.8. The number of carboxylic acid groups (broad SMARTS) is 1. The lowest BCUT2D eigenvalue weighted by atomic mass is 10.0. The van der Waals surface area contributed by atoms with Crippen LogP contribution in [0.4, 0.5) is 0 Å². The standard InChI is InChI=1S/2C33H58O10.C6H12O4.C3H8O3.H2O/c2*1-5-6-7-8-9-10-11-12-13-14-15-16-21-28(2)43-41-27-29(42-33(37)25-20-18-23-31(35)39-4)26-40-32(36)24-19-17-22-30(34)38-3;7-6(8)4-2-1-3-5-10-9;4-1-3(6)2-5;/h2*29H,2,5-27H2,1,3-4H3;9H,1-5H2,(H,7,8);3-6H,1-2H2;1H2/p-1. The van der Waals surface area contributed by atoms with Gasteiger partial charge in [0.05, 0.1) is 48.3 Å². The Balaban J connectivity index is -0.000000506. The van der Waals surface area contributed by atoms with Crippen molar-refractivity contribution in [1.29, 1.82) is 0 Å². The first kappa shape index (κ1) is 106. The summed E-state index contributed by atoms with van der Waals surface area (Å²) in [5.41, 5.74) is 0. The van der Waals surface area contributed by atoms with E-state index in [-0.39, 0.29) is 127 Å². The van der Waals surface area contributed by atoms with Crippen molar-refractivity contribution in [3.63, 3.8) is 0 Å². The van der Waals surface area contributed by atoms with E-state index in [0.29, 0.717) is 95.2 Å². The maximum Gasteiger partial charge on any atom is 0.306 e. The van der Waals surface area contributed by atoms with Crippen LogP contribution in [0.5, 0.6) is 0 Å². The van der Waals surface area contributed by atoms with Crippen molar-refractivity contribution in [2.45, 2.75) is 328 Å². The molecular weight excluding hydrogens is 1350 g/mol. The molecule has 0 aromatic heterocycles. The lowest BCUT2D eigenvalue weighted by Crippen LogP contribution is -2.29. The normalized spacial score (nSPS) is 11.1. The molecule has 0 aromatic carbocycles. The first-order chi connectivity index (χ1) is 49.2. The topological polar surface area (TPSA) is 405 Å². The Hall–Kier alpha value is -6.01. The molecule has 0 aliphatic carbocycles. The third-order valence-electron chi connectivity index (χ3n) is 15.4. The maximum atomic E-state index is 12.3. The molecule has 0 aliphatic heterocycles. The number of carboxylic acids is 1. The molecule has 0 rings (SSSR count). The molecule has 0 spiro atoms. The lowest BCUT2D eigenvalue weighted by molar-refractivity contribution is -0.279. The number of methoxy groups -OCH3 is 4. The van der Waals surface area contributed by atoms with Crippen LogP contribution in [0.1, 0.15) is 309 Å². The van der Waals surface area contributed by atoms with Crippen LogP contribution in [0.15, 0.2) is 24.7 Å². The summed E-state index contributed by atoms with van der Waals surface area (Å²) in [7, 11) is 5.27. The third-order valence-corrected chi connectivity index (χ3v) is 15.4. The Morgan fingerprint density at radius 1 is 0.330 bits per heavy atom.